The van der Waals surface area contributed by atoms with Gasteiger partial charge in [0.25, 0.3) is 5.91 Å². The molecule has 5 heteroatoms. The second-order valence-corrected chi connectivity index (χ2v) is 3.91. The van der Waals surface area contributed by atoms with Crippen LogP contribution < -0.4 is 5.43 Å². The summed E-state index contributed by atoms with van der Waals surface area (Å²) in [7, 11) is 0. The number of nitriles is 1. The summed E-state index contributed by atoms with van der Waals surface area (Å²) in [4.78, 5) is 11.7. The molecule has 2 aromatic carbocycles. The van der Waals surface area contributed by atoms with Gasteiger partial charge in [0, 0.05) is 11.1 Å². The van der Waals surface area contributed by atoms with Gasteiger partial charge in [-0.3, -0.25) is 4.79 Å². The molecule has 0 saturated carbocycles. The first-order chi connectivity index (χ1) is 9.70. The lowest BCUT2D eigenvalue weighted by Gasteiger charge is -2.00. The van der Waals surface area contributed by atoms with E-state index in [1.54, 1.807) is 18.2 Å². The van der Waals surface area contributed by atoms with Crippen molar-refractivity contribution in [2.75, 3.05) is 0 Å². The van der Waals surface area contributed by atoms with Gasteiger partial charge in [0.15, 0.2) is 0 Å². The quantitative estimate of drug-likeness (QED) is 0.685. The number of amides is 1. The van der Waals surface area contributed by atoms with Crippen LogP contribution in [0.3, 0.4) is 0 Å². The topological polar surface area (TPSA) is 65.2 Å². The van der Waals surface area contributed by atoms with Gasteiger partial charge in [-0.15, -0.1) is 0 Å². The molecule has 98 valence electrons. The normalized spacial score (nSPS) is 10.2. The third-order valence-corrected chi connectivity index (χ3v) is 2.55. The molecular formula is C15H10FN3O. The van der Waals surface area contributed by atoms with Gasteiger partial charge >= 0.3 is 0 Å². The van der Waals surface area contributed by atoms with Crippen LogP contribution in [0.4, 0.5) is 4.39 Å². The Labute approximate surface area is 115 Å². The summed E-state index contributed by atoms with van der Waals surface area (Å²) >= 11 is 0. The predicted octanol–water partition coefficient (Wildman–Crippen LogP) is 2.46. The Morgan fingerprint density at radius 3 is 2.55 bits per heavy atom. The molecule has 0 saturated heterocycles. The maximum atomic E-state index is 13.3. The first-order valence-electron chi connectivity index (χ1n) is 5.79. The Kier molecular flexibility index (Phi) is 4.20. The van der Waals surface area contributed by atoms with Crippen molar-refractivity contribution in [3.05, 3.63) is 71.0 Å². The first kappa shape index (κ1) is 13.4. The third kappa shape index (κ3) is 3.27. The number of rotatable bonds is 3. The van der Waals surface area contributed by atoms with Crippen molar-refractivity contribution >= 4 is 12.1 Å². The van der Waals surface area contributed by atoms with Crippen LogP contribution in [-0.4, -0.2) is 12.1 Å². The summed E-state index contributed by atoms with van der Waals surface area (Å²) in [6.45, 7) is 0. The molecule has 2 rings (SSSR count). The minimum Gasteiger partial charge on any atom is -0.267 e. The van der Waals surface area contributed by atoms with E-state index < -0.39 is 11.7 Å². The molecule has 1 amide bonds. The highest BCUT2D eigenvalue weighted by Crippen LogP contribution is 2.04. The molecule has 0 bridgehead atoms. The van der Waals surface area contributed by atoms with Crippen LogP contribution in [-0.2, 0) is 0 Å². The Morgan fingerprint density at radius 2 is 1.90 bits per heavy atom. The first-order valence-corrected chi connectivity index (χ1v) is 5.79. The van der Waals surface area contributed by atoms with Crippen LogP contribution in [0.2, 0.25) is 0 Å². The minimum atomic E-state index is -0.429. The lowest BCUT2D eigenvalue weighted by Crippen LogP contribution is -2.17. The molecule has 20 heavy (non-hydrogen) atoms. The fourth-order valence-corrected chi connectivity index (χ4v) is 1.50. The summed E-state index contributed by atoms with van der Waals surface area (Å²) in [5.74, 6) is -0.842. The number of hydrogen-bond donors (Lipinski definition) is 1. The minimum absolute atomic E-state index is 0.285. The molecule has 4 nitrogen and oxygen atoms in total. The van der Waals surface area contributed by atoms with E-state index in [9.17, 15) is 9.18 Å². The van der Waals surface area contributed by atoms with Gasteiger partial charge in [-0.1, -0.05) is 18.2 Å². The summed E-state index contributed by atoms with van der Waals surface area (Å²) in [6.07, 6.45) is 1.23. The zero-order valence-corrected chi connectivity index (χ0v) is 10.4. The highest BCUT2D eigenvalue weighted by molar-refractivity contribution is 5.94. The van der Waals surface area contributed by atoms with E-state index in [4.69, 9.17) is 5.26 Å². The lowest BCUT2D eigenvalue weighted by atomic mass is 10.1. The van der Waals surface area contributed by atoms with Crippen molar-refractivity contribution in [1.29, 1.82) is 5.26 Å². The molecule has 1 N–H and O–H groups in total. The fourth-order valence-electron chi connectivity index (χ4n) is 1.50. The number of halogens is 1. The van der Waals surface area contributed by atoms with E-state index in [-0.39, 0.29) is 5.56 Å². The third-order valence-electron chi connectivity index (χ3n) is 2.55. The molecule has 0 heterocycles. The SMILES string of the molecule is N#Cc1ccc(C(=O)N/N=C\c2ccccc2F)cc1. The maximum Gasteiger partial charge on any atom is 0.271 e. The van der Waals surface area contributed by atoms with Gasteiger partial charge in [-0.2, -0.15) is 10.4 Å². The summed E-state index contributed by atoms with van der Waals surface area (Å²) in [6, 6.07) is 14.2. The van der Waals surface area contributed by atoms with E-state index in [1.807, 2.05) is 6.07 Å². The zero-order chi connectivity index (χ0) is 14.4. The second kappa shape index (κ2) is 6.25. The molecule has 0 aliphatic carbocycles. The Morgan fingerprint density at radius 1 is 1.20 bits per heavy atom. The van der Waals surface area contributed by atoms with Crippen LogP contribution in [0.5, 0.6) is 0 Å². The van der Waals surface area contributed by atoms with Gasteiger partial charge in [0.2, 0.25) is 0 Å². The monoisotopic (exact) mass is 267 g/mol. The van der Waals surface area contributed by atoms with Crippen molar-refractivity contribution in [2.24, 2.45) is 5.10 Å². The lowest BCUT2D eigenvalue weighted by molar-refractivity contribution is 0.0955. The predicted molar refractivity (Wildman–Crippen MR) is 72.6 cm³/mol. The Bertz CT molecular complexity index is 687. The molecule has 0 aromatic heterocycles. The fraction of sp³-hybridized carbons (Fsp3) is 0. The number of carbonyl (C=O) groups excluding carboxylic acids is 1. The molecule has 0 radical (unpaired) electrons. The van der Waals surface area contributed by atoms with E-state index in [2.05, 4.69) is 10.5 Å². The van der Waals surface area contributed by atoms with Gasteiger partial charge < -0.3 is 0 Å². The number of carbonyl (C=O) groups is 1. The number of benzene rings is 2. The van der Waals surface area contributed by atoms with Gasteiger partial charge in [-0.25, -0.2) is 9.82 Å². The Hall–Kier alpha value is -3.00. The summed E-state index contributed by atoms with van der Waals surface area (Å²) in [5.41, 5.74) is 3.42. The van der Waals surface area contributed by atoms with Crippen LogP contribution in [0.25, 0.3) is 0 Å². The molecule has 0 spiro atoms. The molecule has 0 aliphatic rings. The van der Waals surface area contributed by atoms with Crippen LogP contribution in [0.15, 0.2) is 53.6 Å². The Balaban J connectivity index is 2.02. The highest BCUT2D eigenvalue weighted by atomic mass is 19.1. The van der Waals surface area contributed by atoms with Crippen molar-refractivity contribution in [2.45, 2.75) is 0 Å². The highest BCUT2D eigenvalue weighted by Gasteiger charge is 2.03. The summed E-state index contributed by atoms with van der Waals surface area (Å²) in [5, 5.41) is 12.3. The second-order valence-electron chi connectivity index (χ2n) is 3.91. The van der Waals surface area contributed by atoms with Gasteiger partial charge in [0.1, 0.15) is 5.82 Å². The van der Waals surface area contributed by atoms with E-state index >= 15 is 0 Å². The van der Waals surface area contributed by atoms with Crippen molar-refractivity contribution in [3.8, 4) is 6.07 Å². The average Bonchev–Trinajstić information content (AvgIpc) is 2.49. The van der Waals surface area contributed by atoms with Crippen LogP contribution in [0, 0.1) is 17.1 Å². The van der Waals surface area contributed by atoms with Crippen LogP contribution in [0.1, 0.15) is 21.5 Å². The van der Waals surface area contributed by atoms with E-state index in [1.165, 1.54) is 36.5 Å². The standard InChI is InChI=1S/C15H10FN3O/c16-14-4-2-1-3-13(14)10-18-19-15(20)12-7-5-11(9-17)6-8-12/h1-8,10H,(H,19,20)/b18-10-. The summed E-state index contributed by atoms with van der Waals surface area (Å²) < 4.78 is 13.3. The number of hydrogen-bond acceptors (Lipinski definition) is 3. The van der Waals surface area contributed by atoms with Crippen molar-refractivity contribution in [3.63, 3.8) is 0 Å². The average molecular weight is 267 g/mol. The molecule has 0 fully saturated rings. The molecule has 0 unspecified atom stereocenters. The van der Waals surface area contributed by atoms with Gasteiger partial charge in [0.05, 0.1) is 17.8 Å². The number of hydrazone groups is 1. The molecule has 2 aromatic rings. The smallest absolute Gasteiger partial charge is 0.267 e. The molecule has 0 aliphatic heterocycles. The van der Waals surface area contributed by atoms with E-state index in [0.717, 1.165) is 0 Å². The molecular weight excluding hydrogens is 257 g/mol. The zero-order valence-electron chi connectivity index (χ0n) is 10.4. The van der Waals surface area contributed by atoms with Crippen molar-refractivity contribution in [1.82, 2.24) is 5.43 Å². The van der Waals surface area contributed by atoms with Crippen molar-refractivity contribution < 1.29 is 9.18 Å². The van der Waals surface area contributed by atoms with E-state index in [0.29, 0.717) is 11.1 Å². The largest absolute Gasteiger partial charge is 0.271 e. The maximum absolute atomic E-state index is 13.3. The van der Waals surface area contributed by atoms with Gasteiger partial charge in [-0.05, 0) is 30.3 Å². The van der Waals surface area contributed by atoms with Crippen LogP contribution >= 0.6 is 0 Å². The molecule has 0 atom stereocenters. The number of nitrogens with one attached hydrogen (secondary N) is 1. The number of nitrogens with zero attached hydrogens (tertiary/aromatic N) is 2.